The molecule has 0 unspecified atom stereocenters. The van der Waals surface area contributed by atoms with Crippen molar-refractivity contribution < 1.29 is 28.8 Å². The Bertz CT molecular complexity index is 1500. The summed E-state index contributed by atoms with van der Waals surface area (Å²) in [5.74, 6) is -2.70. The van der Waals surface area contributed by atoms with Crippen LogP contribution in [0.5, 0.6) is 5.75 Å². The molecule has 0 spiro atoms. The number of rotatable bonds is 5. The van der Waals surface area contributed by atoms with E-state index in [0.717, 1.165) is 9.37 Å². The molecule has 0 aromatic heterocycles. The first-order valence-electron chi connectivity index (χ1n) is 11.2. The summed E-state index contributed by atoms with van der Waals surface area (Å²) in [4.78, 5) is 64.3. The summed E-state index contributed by atoms with van der Waals surface area (Å²) in [6.07, 6.45) is 0.0137. The maximum absolute atomic E-state index is 13.0. The molecule has 10 nitrogen and oxygen atoms in total. The number of hydrogen-bond donors (Lipinski definition) is 0. The summed E-state index contributed by atoms with van der Waals surface area (Å²) in [5, 5.41) is 11.4. The molecule has 1 saturated heterocycles. The van der Waals surface area contributed by atoms with Gasteiger partial charge in [-0.3, -0.25) is 29.3 Å². The number of carbonyl (C=O) groups excluding carboxylic acids is 4. The van der Waals surface area contributed by atoms with Crippen LogP contribution < -0.4 is 14.5 Å². The third-order valence-corrected chi connectivity index (χ3v) is 6.84. The maximum atomic E-state index is 13.0. The van der Waals surface area contributed by atoms with Gasteiger partial charge in [-0.2, -0.15) is 0 Å². The van der Waals surface area contributed by atoms with Crippen LogP contribution in [0.25, 0.3) is 0 Å². The topological polar surface area (TPSA) is 127 Å². The second kappa shape index (κ2) is 9.25. The first kappa shape index (κ1) is 24.3. The number of benzene rings is 3. The number of carbonyl (C=O) groups is 4. The molecule has 1 fully saturated rings. The van der Waals surface area contributed by atoms with Crippen molar-refractivity contribution in [3.8, 4) is 5.75 Å². The van der Waals surface area contributed by atoms with E-state index in [1.165, 1.54) is 41.3 Å². The zero-order valence-electron chi connectivity index (χ0n) is 19.3. The van der Waals surface area contributed by atoms with Gasteiger partial charge in [0.25, 0.3) is 17.5 Å². The van der Waals surface area contributed by atoms with Gasteiger partial charge in [-0.25, -0.2) is 4.90 Å². The molecule has 37 heavy (non-hydrogen) atoms. The summed E-state index contributed by atoms with van der Waals surface area (Å²) < 4.78 is 6.38. The van der Waals surface area contributed by atoms with Crippen LogP contribution in [-0.2, 0) is 9.59 Å². The largest absolute Gasteiger partial charge is 0.426 e. The van der Waals surface area contributed by atoms with Gasteiger partial charge in [0.2, 0.25) is 5.91 Å². The van der Waals surface area contributed by atoms with E-state index in [2.05, 4.69) is 15.9 Å². The molecule has 1 atom stereocenters. The maximum Gasteiger partial charge on any atom is 0.316 e. The summed E-state index contributed by atoms with van der Waals surface area (Å²) in [6, 6.07) is 15.5. The van der Waals surface area contributed by atoms with Crippen molar-refractivity contribution in [2.24, 2.45) is 5.92 Å². The van der Waals surface area contributed by atoms with Crippen LogP contribution in [0.1, 0.15) is 32.7 Å². The number of hydrogen-bond acceptors (Lipinski definition) is 7. The molecule has 0 aliphatic carbocycles. The fraction of sp³-hybridized carbons (Fsp3) is 0.154. The van der Waals surface area contributed by atoms with E-state index < -0.39 is 34.3 Å². The minimum absolute atomic E-state index is 0.0137. The summed E-state index contributed by atoms with van der Waals surface area (Å²) in [6.45, 7) is 1.81. The highest BCUT2D eigenvalue weighted by Gasteiger charge is 2.42. The SMILES string of the molecule is Cc1cc(OC(=O)[C@H]2CC(=O)N(c3ccc(Br)cc3)C2)ccc1N1C(=O)c2cccc([N+](=O)[O-])c2C1=O. The Hall–Kier alpha value is -4.38. The van der Waals surface area contributed by atoms with Crippen LogP contribution in [0.4, 0.5) is 17.1 Å². The zero-order valence-corrected chi connectivity index (χ0v) is 20.9. The number of amides is 3. The Morgan fingerprint density at radius 1 is 1.05 bits per heavy atom. The van der Waals surface area contributed by atoms with Gasteiger partial charge in [0, 0.05) is 29.2 Å². The first-order chi connectivity index (χ1) is 17.7. The third-order valence-electron chi connectivity index (χ3n) is 6.31. The second-order valence-electron chi connectivity index (χ2n) is 8.65. The van der Waals surface area contributed by atoms with Crippen LogP contribution >= 0.6 is 15.9 Å². The van der Waals surface area contributed by atoms with Gasteiger partial charge < -0.3 is 9.64 Å². The minimum Gasteiger partial charge on any atom is -0.426 e. The lowest BCUT2D eigenvalue weighted by Crippen LogP contribution is -2.30. The number of nitro groups is 1. The fourth-order valence-corrected chi connectivity index (χ4v) is 4.78. The Balaban J connectivity index is 1.32. The van der Waals surface area contributed by atoms with Gasteiger partial charge in [0.15, 0.2) is 0 Å². The lowest BCUT2D eigenvalue weighted by atomic mass is 10.1. The molecule has 0 N–H and O–H groups in total. The molecule has 3 aromatic carbocycles. The predicted octanol–water partition coefficient (Wildman–Crippen LogP) is 4.42. The van der Waals surface area contributed by atoms with Gasteiger partial charge >= 0.3 is 5.97 Å². The summed E-state index contributed by atoms with van der Waals surface area (Å²) in [7, 11) is 0. The molecule has 2 aliphatic heterocycles. The van der Waals surface area contributed by atoms with Crippen LogP contribution in [-0.4, -0.2) is 35.2 Å². The average Bonchev–Trinajstić information content (AvgIpc) is 3.37. The summed E-state index contributed by atoms with van der Waals surface area (Å²) in [5.41, 5.74) is 0.609. The highest BCUT2D eigenvalue weighted by molar-refractivity contribution is 9.10. The molecule has 186 valence electrons. The van der Waals surface area contributed by atoms with Gasteiger partial charge in [-0.1, -0.05) is 22.0 Å². The van der Waals surface area contributed by atoms with Crippen LogP contribution in [0.2, 0.25) is 0 Å². The number of nitro benzene ring substituents is 1. The second-order valence-corrected chi connectivity index (χ2v) is 9.57. The van der Waals surface area contributed by atoms with Crippen LogP contribution in [0.3, 0.4) is 0 Å². The van der Waals surface area contributed by atoms with Crippen molar-refractivity contribution in [3.05, 3.63) is 91.9 Å². The van der Waals surface area contributed by atoms with E-state index in [9.17, 15) is 29.3 Å². The molecule has 11 heteroatoms. The zero-order chi connectivity index (χ0) is 26.4. The van der Waals surface area contributed by atoms with E-state index >= 15 is 0 Å². The Morgan fingerprint density at radius 2 is 1.78 bits per heavy atom. The number of fused-ring (bicyclic) bond motifs is 1. The number of esters is 1. The van der Waals surface area contributed by atoms with E-state index in [4.69, 9.17) is 4.74 Å². The van der Waals surface area contributed by atoms with Gasteiger partial charge in [0.05, 0.1) is 22.1 Å². The standard InChI is InChI=1S/C26H18BrN3O7/c1-14-11-18(37-26(34)15-12-22(31)28(13-15)17-7-5-16(27)6-8-17)9-10-20(14)29-24(32)19-3-2-4-21(30(35)36)23(19)25(29)33/h2-11,15H,12-13H2,1H3/t15-/m0/s1. The predicted molar refractivity (Wildman–Crippen MR) is 136 cm³/mol. The highest BCUT2D eigenvalue weighted by atomic mass is 79.9. The Kier molecular flexibility index (Phi) is 6.08. The Labute approximate surface area is 218 Å². The molecule has 0 radical (unpaired) electrons. The van der Waals surface area contributed by atoms with E-state index in [1.807, 2.05) is 12.1 Å². The van der Waals surface area contributed by atoms with Crippen molar-refractivity contribution in [1.29, 1.82) is 0 Å². The smallest absolute Gasteiger partial charge is 0.316 e. The molecule has 5 rings (SSSR count). The lowest BCUT2D eigenvalue weighted by molar-refractivity contribution is -0.385. The minimum atomic E-state index is -0.794. The van der Waals surface area contributed by atoms with E-state index in [0.29, 0.717) is 11.3 Å². The number of anilines is 2. The third kappa shape index (κ3) is 4.27. The van der Waals surface area contributed by atoms with Gasteiger partial charge in [-0.05, 0) is 61.0 Å². The monoisotopic (exact) mass is 563 g/mol. The number of ether oxygens (including phenoxy) is 1. The normalized spacial score (nSPS) is 16.8. The Morgan fingerprint density at radius 3 is 2.46 bits per heavy atom. The van der Waals surface area contributed by atoms with Crippen molar-refractivity contribution in [3.63, 3.8) is 0 Å². The summed E-state index contributed by atoms with van der Waals surface area (Å²) >= 11 is 3.35. The first-order valence-corrected chi connectivity index (χ1v) is 12.0. The number of nitrogens with zero attached hydrogens (tertiary/aromatic N) is 3. The van der Waals surface area contributed by atoms with Gasteiger partial charge in [-0.15, -0.1) is 0 Å². The van der Waals surface area contributed by atoms with Crippen LogP contribution in [0.15, 0.2) is 65.1 Å². The molecule has 0 bridgehead atoms. The number of halogens is 1. The average molecular weight is 564 g/mol. The molecule has 2 aliphatic rings. The van der Waals surface area contributed by atoms with E-state index in [-0.39, 0.29) is 41.4 Å². The molecule has 3 amide bonds. The number of imide groups is 1. The molecule has 3 aromatic rings. The van der Waals surface area contributed by atoms with Gasteiger partial charge in [0.1, 0.15) is 11.3 Å². The van der Waals surface area contributed by atoms with Crippen molar-refractivity contribution in [2.45, 2.75) is 13.3 Å². The molecular formula is C26H18BrN3O7. The highest BCUT2D eigenvalue weighted by Crippen LogP contribution is 2.36. The molecule has 0 saturated carbocycles. The molecule has 2 heterocycles. The quantitative estimate of drug-likeness (QED) is 0.148. The van der Waals surface area contributed by atoms with Crippen molar-refractivity contribution >= 4 is 56.7 Å². The fourth-order valence-electron chi connectivity index (χ4n) is 4.52. The lowest BCUT2D eigenvalue weighted by Gasteiger charge is -2.18. The molecular weight excluding hydrogens is 546 g/mol. The van der Waals surface area contributed by atoms with Crippen LogP contribution in [0, 0.1) is 23.0 Å². The van der Waals surface area contributed by atoms with E-state index in [1.54, 1.807) is 19.1 Å². The number of aryl methyl sites for hydroxylation is 1. The van der Waals surface area contributed by atoms with Crippen molar-refractivity contribution in [2.75, 3.05) is 16.3 Å². The van der Waals surface area contributed by atoms with Crippen molar-refractivity contribution in [1.82, 2.24) is 0 Å².